The van der Waals surface area contributed by atoms with Gasteiger partial charge in [-0.3, -0.25) is 0 Å². The van der Waals surface area contributed by atoms with Gasteiger partial charge in [0.05, 0.1) is 5.92 Å². The third-order valence-corrected chi connectivity index (χ3v) is 5.53. The monoisotopic (exact) mass is 306 g/mol. The number of halogens is 3. The lowest BCUT2D eigenvalue weighted by Gasteiger charge is -2.45. The lowest BCUT2D eigenvalue weighted by molar-refractivity contribution is -0.187. The van der Waals surface area contributed by atoms with Crippen LogP contribution in [0.25, 0.3) is 0 Å². The predicted molar refractivity (Wildman–Crippen MR) is 78.9 cm³/mol. The second kappa shape index (κ2) is 7.32. The highest BCUT2D eigenvalue weighted by atomic mass is 19.4. The van der Waals surface area contributed by atoms with Crippen LogP contribution >= 0.6 is 0 Å². The largest absolute Gasteiger partial charge is 0.391 e. The van der Waals surface area contributed by atoms with Crippen LogP contribution in [0, 0.1) is 17.8 Å². The number of hydrogen-bond donors (Lipinski definition) is 1. The highest BCUT2D eigenvalue weighted by Crippen LogP contribution is 2.39. The molecule has 2 fully saturated rings. The molecule has 0 aromatic heterocycles. The number of nitrogens with two attached hydrogens (primary N) is 1. The lowest BCUT2D eigenvalue weighted by Crippen LogP contribution is -2.51. The van der Waals surface area contributed by atoms with E-state index in [9.17, 15) is 13.2 Å². The Morgan fingerprint density at radius 2 is 1.76 bits per heavy atom. The highest BCUT2D eigenvalue weighted by Gasteiger charge is 2.43. The van der Waals surface area contributed by atoms with E-state index >= 15 is 0 Å². The van der Waals surface area contributed by atoms with Gasteiger partial charge in [-0.15, -0.1) is 0 Å². The minimum Gasteiger partial charge on any atom is -0.330 e. The van der Waals surface area contributed by atoms with E-state index in [1.165, 1.54) is 19.3 Å². The molecule has 0 aromatic rings. The van der Waals surface area contributed by atoms with E-state index in [4.69, 9.17) is 5.73 Å². The highest BCUT2D eigenvalue weighted by molar-refractivity contribution is 4.90. The summed E-state index contributed by atoms with van der Waals surface area (Å²) >= 11 is 0. The Kier molecular flexibility index (Phi) is 5.95. The first-order chi connectivity index (χ1) is 9.95. The van der Waals surface area contributed by atoms with Crippen molar-refractivity contribution in [2.75, 3.05) is 19.6 Å². The first-order valence-corrected chi connectivity index (χ1v) is 8.46. The summed E-state index contributed by atoms with van der Waals surface area (Å²) < 4.78 is 38.3. The van der Waals surface area contributed by atoms with Crippen LogP contribution in [0.5, 0.6) is 0 Å². The van der Waals surface area contributed by atoms with Crippen LogP contribution < -0.4 is 5.73 Å². The van der Waals surface area contributed by atoms with Crippen LogP contribution in [0.3, 0.4) is 0 Å². The summed E-state index contributed by atoms with van der Waals surface area (Å²) in [6.07, 6.45) is 2.46. The van der Waals surface area contributed by atoms with Gasteiger partial charge in [0.2, 0.25) is 0 Å². The first kappa shape index (κ1) is 17.1. The molecule has 1 aliphatic carbocycles. The molecule has 0 aromatic carbocycles. The van der Waals surface area contributed by atoms with E-state index in [0.29, 0.717) is 31.6 Å². The summed E-state index contributed by atoms with van der Waals surface area (Å²) in [5.74, 6) is 0.115. The van der Waals surface area contributed by atoms with Crippen molar-refractivity contribution in [3.05, 3.63) is 0 Å². The average molecular weight is 306 g/mol. The molecule has 21 heavy (non-hydrogen) atoms. The molecular formula is C16H29F3N2. The van der Waals surface area contributed by atoms with Crippen LogP contribution in [0.4, 0.5) is 13.2 Å². The van der Waals surface area contributed by atoms with Gasteiger partial charge in [-0.1, -0.05) is 26.2 Å². The zero-order chi connectivity index (χ0) is 15.5. The maximum atomic E-state index is 12.8. The Morgan fingerprint density at radius 3 is 2.29 bits per heavy atom. The molecule has 1 heterocycles. The van der Waals surface area contributed by atoms with Crippen molar-refractivity contribution in [1.82, 2.24) is 4.90 Å². The maximum absolute atomic E-state index is 12.8. The van der Waals surface area contributed by atoms with E-state index < -0.39 is 12.1 Å². The molecule has 2 N–H and O–H groups in total. The van der Waals surface area contributed by atoms with E-state index in [0.717, 1.165) is 18.8 Å². The fourth-order valence-corrected chi connectivity index (χ4v) is 4.25. The van der Waals surface area contributed by atoms with E-state index in [-0.39, 0.29) is 12.8 Å². The molecule has 3 unspecified atom stereocenters. The number of nitrogens with zero attached hydrogens (tertiary/aromatic N) is 1. The molecule has 1 saturated heterocycles. The van der Waals surface area contributed by atoms with Crippen LogP contribution in [0.15, 0.2) is 0 Å². The van der Waals surface area contributed by atoms with E-state index in [1.54, 1.807) is 0 Å². The number of hydrogen-bond acceptors (Lipinski definition) is 2. The fraction of sp³-hybridized carbons (Fsp3) is 1.00. The Labute approximate surface area is 126 Å². The summed E-state index contributed by atoms with van der Waals surface area (Å²) in [7, 11) is 0. The van der Waals surface area contributed by atoms with Gasteiger partial charge < -0.3 is 10.6 Å². The van der Waals surface area contributed by atoms with Crippen molar-refractivity contribution in [1.29, 1.82) is 0 Å². The van der Waals surface area contributed by atoms with Crippen molar-refractivity contribution in [2.45, 2.75) is 64.1 Å². The number of piperidine rings is 1. The normalized spacial score (nSPS) is 33.3. The van der Waals surface area contributed by atoms with Crippen molar-refractivity contribution in [3.8, 4) is 0 Å². The van der Waals surface area contributed by atoms with Crippen LogP contribution in [0.1, 0.15) is 51.9 Å². The van der Waals surface area contributed by atoms with Crippen molar-refractivity contribution < 1.29 is 13.2 Å². The number of likely N-dealkylation sites (tertiary alicyclic amines) is 1. The van der Waals surface area contributed by atoms with Crippen LogP contribution in [0.2, 0.25) is 0 Å². The minimum absolute atomic E-state index is 0.260. The van der Waals surface area contributed by atoms with Crippen LogP contribution in [-0.4, -0.2) is 36.8 Å². The Balaban J connectivity index is 1.92. The van der Waals surface area contributed by atoms with Gasteiger partial charge in [-0.25, -0.2) is 0 Å². The summed E-state index contributed by atoms with van der Waals surface area (Å²) in [6, 6.07) is 0.412. The Hall–Kier alpha value is -0.290. The van der Waals surface area contributed by atoms with Gasteiger partial charge in [0.15, 0.2) is 0 Å². The van der Waals surface area contributed by atoms with Gasteiger partial charge in [-0.05, 0) is 57.2 Å². The quantitative estimate of drug-likeness (QED) is 0.856. The molecule has 0 radical (unpaired) electrons. The van der Waals surface area contributed by atoms with Gasteiger partial charge in [0, 0.05) is 6.04 Å². The van der Waals surface area contributed by atoms with Crippen molar-refractivity contribution in [2.24, 2.45) is 23.5 Å². The van der Waals surface area contributed by atoms with Gasteiger partial charge in [0.25, 0.3) is 0 Å². The molecule has 1 aliphatic heterocycles. The van der Waals surface area contributed by atoms with Crippen molar-refractivity contribution in [3.63, 3.8) is 0 Å². The van der Waals surface area contributed by atoms with Gasteiger partial charge >= 0.3 is 6.18 Å². The Bertz CT molecular complexity index is 311. The molecule has 0 bridgehead atoms. The summed E-state index contributed by atoms with van der Waals surface area (Å²) in [5, 5.41) is 0. The van der Waals surface area contributed by atoms with E-state index in [2.05, 4.69) is 11.8 Å². The van der Waals surface area contributed by atoms with Crippen molar-refractivity contribution >= 4 is 0 Å². The van der Waals surface area contributed by atoms with Gasteiger partial charge in [-0.2, -0.15) is 13.2 Å². The standard InChI is InChI=1S/C16H29F3N2/c1-2-3-12-4-5-13(11-20)15(10-12)21-8-6-14(7-9-21)16(17,18)19/h12-15H,2-11,20H2,1H3. The number of rotatable bonds is 4. The molecule has 0 spiro atoms. The zero-order valence-electron chi connectivity index (χ0n) is 13.0. The molecule has 1 saturated carbocycles. The predicted octanol–water partition coefficient (Wildman–Crippen LogP) is 3.80. The number of alkyl halides is 3. The summed E-state index contributed by atoms with van der Waals surface area (Å²) in [5.41, 5.74) is 5.91. The average Bonchev–Trinajstić information content (AvgIpc) is 2.47. The summed E-state index contributed by atoms with van der Waals surface area (Å²) in [6.45, 7) is 4.05. The molecular weight excluding hydrogens is 277 g/mol. The topological polar surface area (TPSA) is 29.3 Å². The SMILES string of the molecule is CCCC1CCC(CN)C(N2CCC(C(F)(F)F)CC2)C1. The second-order valence-electron chi connectivity index (χ2n) is 6.88. The molecule has 2 rings (SSSR count). The maximum Gasteiger partial charge on any atom is 0.391 e. The molecule has 2 nitrogen and oxygen atoms in total. The van der Waals surface area contributed by atoms with E-state index in [1.807, 2.05) is 0 Å². The molecule has 5 heteroatoms. The van der Waals surface area contributed by atoms with Crippen LogP contribution in [-0.2, 0) is 0 Å². The minimum atomic E-state index is -4.02. The molecule has 0 amide bonds. The lowest BCUT2D eigenvalue weighted by atomic mass is 9.75. The zero-order valence-corrected chi connectivity index (χ0v) is 13.0. The summed E-state index contributed by atoms with van der Waals surface area (Å²) in [4.78, 5) is 2.31. The fourth-order valence-electron chi connectivity index (χ4n) is 4.25. The third-order valence-electron chi connectivity index (χ3n) is 5.53. The molecule has 2 aliphatic rings. The Morgan fingerprint density at radius 1 is 1.10 bits per heavy atom. The first-order valence-electron chi connectivity index (χ1n) is 8.46. The molecule has 3 atom stereocenters. The second-order valence-corrected chi connectivity index (χ2v) is 6.88. The third kappa shape index (κ3) is 4.35. The smallest absolute Gasteiger partial charge is 0.330 e. The molecule has 124 valence electrons. The van der Waals surface area contributed by atoms with Gasteiger partial charge in [0.1, 0.15) is 0 Å².